The van der Waals surface area contributed by atoms with E-state index in [9.17, 15) is 31.7 Å². The molecule has 0 saturated carbocycles. The van der Waals surface area contributed by atoms with Crippen molar-refractivity contribution in [2.75, 3.05) is 23.7 Å². The number of anilines is 4. The fraction of sp³-hybridized carbons (Fsp3) is 0.238. The van der Waals surface area contributed by atoms with Crippen LogP contribution >= 0.6 is 0 Å². The van der Waals surface area contributed by atoms with Gasteiger partial charge in [0.05, 0.1) is 15.4 Å². The first kappa shape index (κ1) is 25.8. The molecule has 0 radical (unpaired) electrons. The predicted octanol–water partition coefficient (Wildman–Crippen LogP) is 4.92. The Labute approximate surface area is 199 Å². The molecule has 0 amide bonds. The van der Waals surface area contributed by atoms with Gasteiger partial charge in [-0.25, -0.2) is 18.4 Å². The highest BCUT2D eigenvalue weighted by molar-refractivity contribution is 7.89. The standard InChI is InChI=1S/C21H21F3N6O4S/c1-3-29(4-2)35(33,34)17-11-9-16(10-12-17)28-20-18(30(31)32)19(25-13-26-20)27-15-7-5-14(6-8-15)21(22,23)24/h5-13H,3-4H2,1-2H3,(H2,25,26,27,28). The molecule has 0 aliphatic carbocycles. The topological polar surface area (TPSA) is 130 Å². The van der Waals surface area contributed by atoms with Crippen LogP contribution in [0.25, 0.3) is 0 Å². The van der Waals surface area contributed by atoms with Crippen molar-refractivity contribution in [3.05, 3.63) is 70.5 Å². The Morgan fingerprint density at radius 3 is 1.77 bits per heavy atom. The monoisotopic (exact) mass is 510 g/mol. The minimum absolute atomic E-state index is 0.0635. The van der Waals surface area contributed by atoms with Gasteiger partial charge >= 0.3 is 11.9 Å². The Hall–Kier alpha value is -3.78. The lowest BCUT2D eigenvalue weighted by Crippen LogP contribution is -2.30. The molecule has 0 bridgehead atoms. The molecule has 0 saturated heterocycles. The Kier molecular flexibility index (Phi) is 7.55. The van der Waals surface area contributed by atoms with E-state index in [1.165, 1.54) is 28.6 Å². The molecule has 0 aliphatic rings. The molecule has 35 heavy (non-hydrogen) atoms. The molecule has 0 spiro atoms. The van der Waals surface area contributed by atoms with Crippen LogP contribution in [0.2, 0.25) is 0 Å². The normalized spacial score (nSPS) is 11.9. The number of rotatable bonds is 9. The smallest absolute Gasteiger partial charge is 0.334 e. The molecule has 1 aromatic heterocycles. The van der Waals surface area contributed by atoms with Gasteiger partial charge in [-0.2, -0.15) is 17.5 Å². The van der Waals surface area contributed by atoms with Crippen molar-refractivity contribution in [1.82, 2.24) is 14.3 Å². The number of aromatic nitrogens is 2. The molecule has 0 unspecified atom stereocenters. The van der Waals surface area contributed by atoms with Crippen LogP contribution in [-0.2, 0) is 16.2 Å². The molecule has 10 nitrogen and oxygen atoms in total. The van der Waals surface area contributed by atoms with E-state index >= 15 is 0 Å². The number of halogens is 3. The first-order valence-corrected chi connectivity index (χ1v) is 11.7. The van der Waals surface area contributed by atoms with E-state index in [0.717, 1.165) is 30.6 Å². The van der Waals surface area contributed by atoms with Crippen molar-refractivity contribution in [2.24, 2.45) is 0 Å². The van der Waals surface area contributed by atoms with Crippen LogP contribution < -0.4 is 10.6 Å². The maximum absolute atomic E-state index is 12.8. The lowest BCUT2D eigenvalue weighted by atomic mass is 10.2. The summed E-state index contributed by atoms with van der Waals surface area (Å²) in [4.78, 5) is 18.8. The molecule has 1 heterocycles. The van der Waals surface area contributed by atoms with Crippen LogP contribution in [0.4, 0.5) is 41.9 Å². The molecule has 2 aromatic carbocycles. The van der Waals surface area contributed by atoms with Gasteiger partial charge in [-0.05, 0) is 48.5 Å². The summed E-state index contributed by atoms with van der Waals surface area (Å²) in [6.45, 7) is 4.06. The number of alkyl halides is 3. The van der Waals surface area contributed by atoms with Crippen LogP contribution in [0.5, 0.6) is 0 Å². The lowest BCUT2D eigenvalue weighted by Gasteiger charge is -2.18. The number of sulfonamides is 1. The summed E-state index contributed by atoms with van der Waals surface area (Å²) in [6.07, 6.45) is -3.47. The largest absolute Gasteiger partial charge is 0.416 e. The third-order valence-electron chi connectivity index (χ3n) is 4.94. The van der Waals surface area contributed by atoms with Crippen LogP contribution in [0, 0.1) is 10.1 Å². The molecule has 186 valence electrons. The van der Waals surface area contributed by atoms with Gasteiger partial charge in [-0.15, -0.1) is 0 Å². The quantitative estimate of drug-likeness (QED) is 0.306. The number of benzene rings is 2. The van der Waals surface area contributed by atoms with Crippen molar-refractivity contribution >= 4 is 38.7 Å². The Morgan fingerprint density at radius 1 is 0.914 bits per heavy atom. The first-order valence-electron chi connectivity index (χ1n) is 10.3. The highest BCUT2D eigenvalue weighted by Gasteiger charge is 2.30. The van der Waals surface area contributed by atoms with Crippen LogP contribution in [-0.4, -0.2) is 40.7 Å². The average molecular weight is 510 g/mol. The van der Waals surface area contributed by atoms with Crippen LogP contribution in [0.15, 0.2) is 59.8 Å². The zero-order valence-electron chi connectivity index (χ0n) is 18.6. The minimum Gasteiger partial charge on any atom is -0.334 e. The van der Waals surface area contributed by atoms with E-state index in [2.05, 4.69) is 20.6 Å². The molecule has 0 atom stereocenters. The Balaban J connectivity index is 1.87. The van der Waals surface area contributed by atoms with Gasteiger partial charge in [-0.3, -0.25) is 10.1 Å². The maximum Gasteiger partial charge on any atom is 0.416 e. The van der Waals surface area contributed by atoms with Crippen molar-refractivity contribution in [1.29, 1.82) is 0 Å². The van der Waals surface area contributed by atoms with E-state index in [1.807, 2.05) is 0 Å². The fourth-order valence-corrected chi connectivity index (χ4v) is 4.63. The Morgan fingerprint density at radius 2 is 1.37 bits per heavy atom. The number of nitrogens with zero attached hydrogens (tertiary/aromatic N) is 4. The van der Waals surface area contributed by atoms with Gasteiger partial charge in [0.15, 0.2) is 0 Å². The molecule has 0 fully saturated rings. The Bertz CT molecular complexity index is 1300. The van der Waals surface area contributed by atoms with Crippen molar-refractivity contribution < 1.29 is 26.5 Å². The third-order valence-corrected chi connectivity index (χ3v) is 7.00. The molecule has 3 aromatic rings. The van der Waals surface area contributed by atoms with E-state index in [-0.39, 0.29) is 22.2 Å². The van der Waals surface area contributed by atoms with Gasteiger partial charge in [0.25, 0.3) is 0 Å². The SMILES string of the molecule is CCN(CC)S(=O)(=O)c1ccc(Nc2ncnc(Nc3ccc(C(F)(F)F)cc3)c2[N+](=O)[O-])cc1. The molecule has 14 heteroatoms. The summed E-state index contributed by atoms with van der Waals surface area (Å²) in [5.74, 6) is -0.438. The fourth-order valence-electron chi connectivity index (χ4n) is 3.17. The predicted molar refractivity (Wildman–Crippen MR) is 123 cm³/mol. The van der Waals surface area contributed by atoms with Gasteiger partial charge < -0.3 is 10.6 Å². The second kappa shape index (κ2) is 10.2. The minimum atomic E-state index is -4.52. The number of hydrogen-bond donors (Lipinski definition) is 2. The number of nitro groups is 1. The van der Waals surface area contributed by atoms with Gasteiger partial charge in [-0.1, -0.05) is 13.8 Å². The zero-order valence-corrected chi connectivity index (χ0v) is 19.4. The summed E-state index contributed by atoms with van der Waals surface area (Å²) < 4.78 is 64.9. The lowest BCUT2D eigenvalue weighted by molar-refractivity contribution is -0.383. The average Bonchev–Trinajstić information content (AvgIpc) is 2.80. The molecular formula is C21H21F3N6O4S. The van der Waals surface area contributed by atoms with Gasteiger partial charge in [0.1, 0.15) is 6.33 Å². The molecular weight excluding hydrogens is 489 g/mol. The highest BCUT2D eigenvalue weighted by Crippen LogP contribution is 2.34. The van der Waals surface area contributed by atoms with Gasteiger partial charge in [0.2, 0.25) is 21.7 Å². The zero-order chi connectivity index (χ0) is 25.8. The van der Waals surface area contributed by atoms with Crippen molar-refractivity contribution in [2.45, 2.75) is 24.9 Å². The summed E-state index contributed by atoms with van der Waals surface area (Å²) in [5.41, 5.74) is -0.941. The van der Waals surface area contributed by atoms with Crippen LogP contribution in [0.1, 0.15) is 19.4 Å². The van der Waals surface area contributed by atoms with Crippen molar-refractivity contribution in [3.8, 4) is 0 Å². The first-order chi connectivity index (χ1) is 16.5. The van der Waals surface area contributed by atoms with E-state index in [0.29, 0.717) is 18.8 Å². The number of hydrogen-bond acceptors (Lipinski definition) is 8. The van der Waals surface area contributed by atoms with E-state index in [1.54, 1.807) is 13.8 Å². The molecule has 3 rings (SSSR count). The van der Waals surface area contributed by atoms with E-state index < -0.39 is 32.4 Å². The maximum atomic E-state index is 12.8. The number of nitrogens with one attached hydrogen (secondary N) is 2. The summed E-state index contributed by atoms with van der Waals surface area (Å²) in [6, 6.07) is 9.52. The summed E-state index contributed by atoms with van der Waals surface area (Å²) >= 11 is 0. The van der Waals surface area contributed by atoms with Crippen molar-refractivity contribution in [3.63, 3.8) is 0 Å². The highest BCUT2D eigenvalue weighted by atomic mass is 32.2. The van der Waals surface area contributed by atoms with E-state index in [4.69, 9.17) is 0 Å². The summed E-state index contributed by atoms with van der Waals surface area (Å²) in [7, 11) is -3.67. The second-order valence-electron chi connectivity index (χ2n) is 7.12. The van der Waals surface area contributed by atoms with Gasteiger partial charge in [0, 0.05) is 24.5 Å². The molecule has 2 N–H and O–H groups in total. The third kappa shape index (κ3) is 5.84. The molecule has 0 aliphatic heterocycles. The second-order valence-corrected chi connectivity index (χ2v) is 9.05. The summed E-state index contributed by atoms with van der Waals surface area (Å²) in [5, 5.41) is 17.1. The van der Waals surface area contributed by atoms with Crippen LogP contribution in [0.3, 0.4) is 0 Å².